The zero-order valence-corrected chi connectivity index (χ0v) is 10.6. The number of amides is 1. The maximum Gasteiger partial charge on any atom is 0.222 e. The smallest absolute Gasteiger partial charge is 0.222 e. The van der Waals surface area contributed by atoms with Gasteiger partial charge < -0.3 is 10.6 Å². The van der Waals surface area contributed by atoms with Crippen LogP contribution in [0.1, 0.15) is 26.7 Å². The van der Waals surface area contributed by atoms with Gasteiger partial charge in [-0.3, -0.25) is 9.79 Å². The van der Waals surface area contributed by atoms with E-state index in [4.69, 9.17) is 0 Å². The first-order valence-corrected chi connectivity index (χ1v) is 6.86. The van der Waals surface area contributed by atoms with E-state index in [1.165, 1.54) is 0 Å². The van der Waals surface area contributed by atoms with Gasteiger partial charge in [-0.05, 0) is 12.3 Å². The van der Waals surface area contributed by atoms with E-state index in [-0.39, 0.29) is 11.9 Å². The Morgan fingerprint density at radius 2 is 2.44 bits per heavy atom. The predicted molar refractivity (Wildman–Crippen MR) is 67.7 cm³/mol. The van der Waals surface area contributed by atoms with Crippen LogP contribution in [0.5, 0.6) is 0 Å². The van der Waals surface area contributed by atoms with Crippen LogP contribution in [0.25, 0.3) is 0 Å². The third-order valence-electron chi connectivity index (χ3n) is 2.76. The van der Waals surface area contributed by atoms with E-state index in [1.807, 2.05) is 0 Å². The Kier molecular flexibility index (Phi) is 3.74. The number of thioether (sulfide) groups is 1. The molecule has 0 aromatic carbocycles. The van der Waals surface area contributed by atoms with Crippen LogP contribution in [-0.4, -0.2) is 35.5 Å². The fourth-order valence-corrected chi connectivity index (χ4v) is 3.08. The molecule has 0 radical (unpaired) electrons. The molecule has 90 valence electrons. The molecular formula is C11H19N3OS. The summed E-state index contributed by atoms with van der Waals surface area (Å²) in [5.74, 6) is 1.91. The number of rotatable bonds is 3. The van der Waals surface area contributed by atoms with Crippen LogP contribution in [0.2, 0.25) is 0 Å². The van der Waals surface area contributed by atoms with Crippen molar-refractivity contribution in [1.29, 1.82) is 0 Å². The largest absolute Gasteiger partial charge is 0.360 e. The molecule has 2 aliphatic heterocycles. The van der Waals surface area contributed by atoms with Gasteiger partial charge in [-0.15, -0.1) is 0 Å². The van der Waals surface area contributed by atoms with Crippen molar-refractivity contribution in [3.05, 3.63) is 0 Å². The Balaban J connectivity index is 1.80. The quantitative estimate of drug-likeness (QED) is 0.774. The van der Waals surface area contributed by atoms with Gasteiger partial charge in [0.05, 0.1) is 12.1 Å². The number of nitrogens with one attached hydrogen (secondary N) is 2. The van der Waals surface area contributed by atoms with Gasteiger partial charge >= 0.3 is 0 Å². The summed E-state index contributed by atoms with van der Waals surface area (Å²) in [5.41, 5.74) is 0. The van der Waals surface area contributed by atoms with E-state index in [0.29, 0.717) is 18.4 Å². The first kappa shape index (κ1) is 11.8. The summed E-state index contributed by atoms with van der Waals surface area (Å²) >= 11 is 1.78. The first-order chi connectivity index (χ1) is 7.63. The topological polar surface area (TPSA) is 53.5 Å². The number of hydrogen-bond donors (Lipinski definition) is 2. The van der Waals surface area contributed by atoms with Crippen LogP contribution in [0, 0.1) is 5.92 Å². The Bertz CT molecular complexity index is 304. The maximum absolute atomic E-state index is 11.0. The van der Waals surface area contributed by atoms with E-state index >= 15 is 0 Å². The molecule has 2 N–H and O–H groups in total. The normalized spacial score (nSPS) is 29.4. The molecule has 0 aliphatic carbocycles. The third kappa shape index (κ3) is 3.14. The van der Waals surface area contributed by atoms with Crippen LogP contribution in [-0.2, 0) is 4.79 Å². The Morgan fingerprint density at radius 1 is 1.62 bits per heavy atom. The summed E-state index contributed by atoms with van der Waals surface area (Å²) in [7, 11) is 0. The van der Waals surface area contributed by atoms with Crippen LogP contribution in [0.15, 0.2) is 4.99 Å². The molecule has 1 fully saturated rings. The number of carbonyl (C=O) groups excluding carboxylic acids is 1. The molecule has 1 saturated heterocycles. The molecule has 4 nitrogen and oxygen atoms in total. The van der Waals surface area contributed by atoms with E-state index in [0.717, 1.165) is 23.9 Å². The number of nitrogens with zero attached hydrogens (tertiary/aromatic N) is 1. The van der Waals surface area contributed by atoms with Gasteiger partial charge in [0.15, 0.2) is 5.17 Å². The van der Waals surface area contributed by atoms with Crippen molar-refractivity contribution < 1.29 is 4.79 Å². The van der Waals surface area contributed by atoms with Crippen molar-refractivity contribution in [3.8, 4) is 0 Å². The third-order valence-corrected chi connectivity index (χ3v) is 3.81. The van der Waals surface area contributed by atoms with Crippen molar-refractivity contribution in [2.75, 3.05) is 12.3 Å². The van der Waals surface area contributed by atoms with Gasteiger partial charge in [-0.2, -0.15) is 0 Å². The fourth-order valence-electron chi connectivity index (χ4n) is 2.04. The van der Waals surface area contributed by atoms with Crippen LogP contribution >= 0.6 is 11.8 Å². The lowest BCUT2D eigenvalue weighted by atomic mass is 10.1. The molecule has 0 spiro atoms. The molecule has 2 atom stereocenters. The highest BCUT2D eigenvalue weighted by Gasteiger charge is 2.25. The average molecular weight is 241 g/mol. The minimum atomic E-state index is 0.139. The minimum absolute atomic E-state index is 0.139. The minimum Gasteiger partial charge on any atom is -0.360 e. The zero-order valence-electron chi connectivity index (χ0n) is 9.82. The molecule has 2 heterocycles. The molecule has 0 aromatic heterocycles. The molecular weight excluding hydrogens is 222 g/mol. The molecule has 1 amide bonds. The second kappa shape index (κ2) is 5.08. The van der Waals surface area contributed by atoms with Gasteiger partial charge in [0.2, 0.25) is 5.91 Å². The predicted octanol–water partition coefficient (Wildman–Crippen LogP) is 0.982. The van der Waals surface area contributed by atoms with Crippen molar-refractivity contribution in [2.24, 2.45) is 10.9 Å². The molecule has 0 saturated carbocycles. The Labute approximate surface area is 101 Å². The summed E-state index contributed by atoms with van der Waals surface area (Å²) in [5, 5.41) is 7.18. The van der Waals surface area contributed by atoms with Gasteiger partial charge in [-0.25, -0.2) is 0 Å². The highest BCUT2D eigenvalue weighted by atomic mass is 32.2. The van der Waals surface area contributed by atoms with E-state index < -0.39 is 0 Å². The Morgan fingerprint density at radius 3 is 3.06 bits per heavy atom. The molecule has 0 bridgehead atoms. The molecule has 0 aromatic rings. The lowest BCUT2D eigenvalue weighted by Crippen LogP contribution is -2.33. The van der Waals surface area contributed by atoms with Crippen LogP contribution in [0.3, 0.4) is 0 Å². The van der Waals surface area contributed by atoms with Crippen molar-refractivity contribution in [1.82, 2.24) is 10.6 Å². The summed E-state index contributed by atoms with van der Waals surface area (Å²) in [6, 6.07) is 0.689. The van der Waals surface area contributed by atoms with Gasteiger partial charge in [0.1, 0.15) is 0 Å². The van der Waals surface area contributed by atoms with E-state index in [2.05, 4.69) is 29.5 Å². The number of carbonyl (C=O) groups is 1. The molecule has 16 heavy (non-hydrogen) atoms. The first-order valence-electron chi connectivity index (χ1n) is 5.87. The zero-order chi connectivity index (χ0) is 11.5. The summed E-state index contributed by atoms with van der Waals surface area (Å²) in [4.78, 5) is 15.7. The van der Waals surface area contributed by atoms with Gasteiger partial charge in [0.25, 0.3) is 0 Å². The highest BCUT2D eigenvalue weighted by molar-refractivity contribution is 8.14. The average Bonchev–Trinajstić information content (AvgIpc) is 2.76. The number of amidine groups is 1. The fraction of sp³-hybridized carbons (Fsp3) is 0.818. The second-order valence-corrected chi connectivity index (χ2v) is 5.89. The maximum atomic E-state index is 11.0. The van der Waals surface area contributed by atoms with Crippen molar-refractivity contribution in [2.45, 2.75) is 38.8 Å². The van der Waals surface area contributed by atoms with Gasteiger partial charge in [0, 0.05) is 18.7 Å². The molecule has 2 aliphatic rings. The molecule has 5 heteroatoms. The Hall–Kier alpha value is -0.710. The van der Waals surface area contributed by atoms with Crippen LogP contribution < -0.4 is 10.6 Å². The van der Waals surface area contributed by atoms with E-state index in [1.54, 1.807) is 11.8 Å². The molecule has 2 rings (SSSR count). The van der Waals surface area contributed by atoms with Gasteiger partial charge in [-0.1, -0.05) is 25.6 Å². The monoisotopic (exact) mass is 241 g/mol. The van der Waals surface area contributed by atoms with Crippen molar-refractivity contribution in [3.63, 3.8) is 0 Å². The summed E-state index contributed by atoms with van der Waals surface area (Å²) in [6.07, 6.45) is 1.73. The lowest BCUT2D eigenvalue weighted by molar-refractivity contribution is -0.119. The standard InChI is InChI=1S/C11H19N3OS/c1-7(2)3-9-6-16-11(14-9)13-8-4-10(15)12-5-8/h7-9H,3-6H2,1-2H3,(H,12,15)(H,13,14). The van der Waals surface area contributed by atoms with Crippen LogP contribution in [0.4, 0.5) is 0 Å². The SMILES string of the molecule is CC(C)CC1CSC(NC2CNC(=O)C2)=N1. The second-order valence-electron chi connectivity index (χ2n) is 4.88. The van der Waals surface area contributed by atoms with Crippen molar-refractivity contribution >= 4 is 22.8 Å². The highest BCUT2D eigenvalue weighted by Crippen LogP contribution is 2.22. The summed E-state index contributed by atoms with van der Waals surface area (Å²) in [6.45, 7) is 5.18. The lowest BCUT2D eigenvalue weighted by Gasteiger charge is -2.10. The molecule has 2 unspecified atom stereocenters. The number of aliphatic imine (C=N–C) groups is 1. The summed E-state index contributed by atoms with van der Waals surface area (Å²) < 4.78 is 0. The van der Waals surface area contributed by atoms with E-state index in [9.17, 15) is 4.79 Å². The number of hydrogen-bond acceptors (Lipinski definition) is 4.